The number of carbonyl (C=O) groups excluding carboxylic acids is 2. The standard InChI is InChI=1S/C23H31F3N4O4/c1-28-10-5-9-20(28)16-29(12-14-34-3)21(31)17-30(11-6-13-33-2)22(32)27-19-8-4-7-18(15-19)23(24,25)26/h4-5,7-10,15H,6,11-14,16-17H2,1-3H3,(H,27,32). The number of alkyl halides is 3. The molecule has 0 bridgehead atoms. The second kappa shape index (κ2) is 13.0. The Labute approximate surface area is 197 Å². The van der Waals surface area contributed by atoms with Gasteiger partial charge in [0.15, 0.2) is 0 Å². The first-order valence-electron chi connectivity index (χ1n) is 10.7. The van der Waals surface area contributed by atoms with Crippen molar-refractivity contribution >= 4 is 17.6 Å². The van der Waals surface area contributed by atoms with Gasteiger partial charge < -0.3 is 29.2 Å². The maximum atomic E-state index is 13.1. The molecule has 3 amide bonds. The zero-order chi connectivity index (χ0) is 25.1. The third-order valence-corrected chi connectivity index (χ3v) is 5.15. The summed E-state index contributed by atoms with van der Waals surface area (Å²) in [5.41, 5.74) is 0.0217. The zero-order valence-electron chi connectivity index (χ0n) is 19.6. The summed E-state index contributed by atoms with van der Waals surface area (Å²) in [5.74, 6) is -0.310. The molecule has 34 heavy (non-hydrogen) atoms. The molecule has 0 spiro atoms. The van der Waals surface area contributed by atoms with Crippen molar-refractivity contribution in [2.45, 2.75) is 19.1 Å². The van der Waals surface area contributed by atoms with Gasteiger partial charge in [-0.25, -0.2) is 4.79 Å². The molecule has 8 nitrogen and oxygen atoms in total. The number of carbonyl (C=O) groups is 2. The summed E-state index contributed by atoms with van der Waals surface area (Å²) < 4.78 is 51.1. The number of aromatic nitrogens is 1. The summed E-state index contributed by atoms with van der Waals surface area (Å²) in [7, 11) is 4.92. The Morgan fingerprint density at radius 1 is 1.03 bits per heavy atom. The quantitative estimate of drug-likeness (QED) is 0.467. The number of methoxy groups -OCH3 is 2. The van der Waals surface area contributed by atoms with Crippen LogP contribution in [0.15, 0.2) is 42.6 Å². The molecule has 0 saturated heterocycles. The number of aryl methyl sites for hydroxylation is 1. The van der Waals surface area contributed by atoms with Crippen LogP contribution in [0.25, 0.3) is 0 Å². The van der Waals surface area contributed by atoms with Crippen molar-refractivity contribution in [2.24, 2.45) is 7.05 Å². The Morgan fingerprint density at radius 2 is 1.76 bits per heavy atom. The SMILES string of the molecule is COCCCN(CC(=O)N(CCOC)Cc1cccn1C)C(=O)Nc1cccc(C(F)(F)F)c1. The van der Waals surface area contributed by atoms with Crippen molar-refractivity contribution in [1.29, 1.82) is 0 Å². The minimum Gasteiger partial charge on any atom is -0.385 e. The molecular formula is C23H31F3N4O4. The molecule has 1 heterocycles. The van der Waals surface area contributed by atoms with E-state index in [-0.39, 0.29) is 24.7 Å². The minimum atomic E-state index is -4.53. The first kappa shape index (κ1) is 27.2. The maximum absolute atomic E-state index is 13.1. The van der Waals surface area contributed by atoms with E-state index in [1.54, 1.807) is 4.90 Å². The van der Waals surface area contributed by atoms with E-state index in [0.29, 0.717) is 32.7 Å². The van der Waals surface area contributed by atoms with Gasteiger partial charge in [0.05, 0.1) is 18.7 Å². The predicted molar refractivity (Wildman–Crippen MR) is 121 cm³/mol. The molecule has 0 radical (unpaired) electrons. The molecule has 0 saturated carbocycles. The number of benzene rings is 1. The summed E-state index contributed by atoms with van der Waals surface area (Å²) >= 11 is 0. The van der Waals surface area contributed by atoms with Gasteiger partial charge in [-0.3, -0.25) is 4.79 Å². The van der Waals surface area contributed by atoms with E-state index in [2.05, 4.69) is 5.32 Å². The molecule has 2 aromatic rings. The molecule has 11 heteroatoms. The summed E-state index contributed by atoms with van der Waals surface area (Å²) in [4.78, 5) is 28.9. The number of ether oxygens (including phenoxy) is 2. The Morgan fingerprint density at radius 3 is 2.38 bits per heavy atom. The third-order valence-electron chi connectivity index (χ3n) is 5.15. The molecule has 0 unspecified atom stereocenters. The van der Waals surface area contributed by atoms with E-state index >= 15 is 0 Å². The van der Waals surface area contributed by atoms with E-state index in [1.807, 2.05) is 29.9 Å². The summed E-state index contributed by atoms with van der Waals surface area (Å²) in [6.45, 7) is 1.26. The average Bonchev–Trinajstić information content (AvgIpc) is 3.19. The largest absolute Gasteiger partial charge is 0.416 e. The van der Waals surface area contributed by atoms with E-state index < -0.39 is 17.8 Å². The molecule has 188 valence electrons. The summed E-state index contributed by atoms with van der Waals surface area (Å²) in [6.07, 6.45) is -2.21. The fraction of sp³-hybridized carbons (Fsp3) is 0.478. The normalized spacial score (nSPS) is 11.4. The van der Waals surface area contributed by atoms with Crippen LogP contribution in [0.1, 0.15) is 17.7 Å². The minimum absolute atomic E-state index is 0.0101. The molecule has 0 atom stereocenters. The van der Waals surface area contributed by atoms with E-state index in [1.165, 1.54) is 31.3 Å². The zero-order valence-corrected chi connectivity index (χ0v) is 19.6. The van der Waals surface area contributed by atoms with Gasteiger partial charge in [0.1, 0.15) is 6.54 Å². The highest BCUT2D eigenvalue weighted by molar-refractivity contribution is 5.92. The van der Waals surface area contributed by atoms with Crippen molar-refractivity contribution in [3.8, 4) is 0 Å². The molecule has 0 fully saturated rings. The lowest BCUT2D eigenvalue weighted by Crippen LogP contribution is -2.45. The van der Waals surface area contributed by atoms with Crippen LogP contribution in [0, 0.1) is 0 Å². The second-order valence-electron chi connectivity index (χ2n) is 7.70. The number of nitrogens with one attached hydrogen (secondary N) is 1. The van der Waals surface area contributed by atoms with Crippen molar-refractivity contribution < 1.29 is 32.2 Å². The monoisotopic (exact) mass is 484 g/mol. The van der Waals surface area contributed by atoms with Crippen LogP contribution in [0.3, 0.4) is 0 Å². The van der Waals surface area contributed by atoms with Crippen molar-refractivity contribution in [1.82, 2.24) is 14.4 Å². The van der Waals surface area contributed by atoms with Gasteiger partial charge in [-0.15, -0.1) is 0 Å². The Hall–Kier alpha value is -3.05. The van der Waals surface area contributed by atoms with Gasteiger partial charge in [0, 0.05) is 58.5 Å². The number of hydrogen-bond donors (Lipinski definition) is 1. The molecule has 1 aromatic heterocycles. The first-order valence-corrected chi connectivity index (χ1v) is 10.7. The highest BCUT2D eigenvalue weighted by Crippen LogP contribution is 2.30. The Kier molecular flexibility index (Phi) is 10.4. The van der Waals surface area contributed by atoms with Gasteiger partial charge in [-0.2, -0.15) is 13.2 Å². The van der Waals surface area contributed by atoms with E-state index in [9.17, 15) is 22.8 Å². The number of amides is 3. The highest BCUT2D eigenvalue weighted by atomic mass is 19.4. The topological polar surface area (TPSA) is 76.0 Å². The maximum Gasteiger partial charge on any atom is 0.416 e. The van der Waals surface area contributed by atoms with Crippen LogP contribution < -0.4 is 5.32 Å². The summed E-state index contributed by atoms with van der Waals surface area (Å²) in [5, 5.41) is 2.47. The summed E-state index contributed by atoms with van der Waals surface area (Å²) in [6, 6.07) is 7.44. The Bertz CT molecular complexity index is 933. The number of anilines is 1. The van der Waals surface area contributed by atoms with Crippen LogP contribution in [-0.2, 0) is 34.0 Å². The number of hydrogen-bond acceptors (Lipinski definition) is 4. The fourth-order valence-electron chi connectivity index (χ4n) is 3.24. The number of halogens is 3. The van der Waals surface area contributed by atoms with Gasteiger partial charge in [-0.05, 0) is 36.8 Å². The van der Waals surface area contributed by atoms with Gasteiger partial charge in [0.2, 0.25) is 5.91 Å². The lowest BCUT2D eigenvalue weighted by molar-refractivity contribution is -0.137. The lowest BCUT2D eigenvalue weighted by atomic mass is 10.2. The third kappa shape index (κ3) is 8.38. The van der Waals surface area contributed by atoms with Crippen LogP contribution in [-0.4, -0.2) is 73.4 Å². The first-order chi connectivity index (χ1) is 16.2. The van der Waals surface area contributed by atoms with E-state index in [4.69, 9.17) is 9.47 Å². The molecular weight excluding hydrogens is 453 g/mol. The fourth-order valence-corrected chi connectivity index (χ4v) is 3.24. The molecule has 0 aliphatic heterocycles. The number of rotatable bonds is 12. The van der Waals surface area contributed by atoms with Crippen molar-refractivity contribution in [3.05, 3.63) is 53.9 Å². The molecule has 1 N–H and O–H groups in total. The van der Waals surface area contributed by atoms with Crippen LogP contribution in [0.4, 0.5) is 23.7 Å². The Balaban J connectivity index is 2.15. The molecule has 0 aliphatic carbocycles. The van der Waals surface area contributed by atoms with Crippen LogP contribution >= 0.6 is 0 Å². The second-order valence-corrected chi connectivity index (χ2v) is 7.70. The van der Waals surface area contributed by atoms with Gasteiger partial charge in [0.25, 0.3) is 0 Å². The highest BCUT2D eigenvalue weighted by Gasteiger charge is 2.30. The smallest absolute Gasteiger partial charge is 0.385 e. The molecule has 2 rings (SSSR count). The number of urea groups is 1. The van der Waals surface area contributed by atoms with Gasteiger partial charge in [-0.1, -0.05) is 6.07 Å². The molecule has 1 aromatic carbocycles. The van der Waals surface area contributed by atoms with Gasteiger partial charge >= 0.3 is 12.2 Å². The lowest BCUT2D eigenvalue weighted by Gasteiger charge is -2.28. The van der Waals surface area contributed by atoms with Crippen LogP contribution in [0.2, 0.25) is 0 Å². The van der Waals surface area contributed by atoms with E-state index in [0.717, 1.165) is 17.8 Å². The van der Waals surface area contributed by atoms with Crippen molar-refractivity contribution in [3.63, 3.8) is 0 Å². The predicted octanol–water partition coefficient (Wildman–Crippen LogP) is 3.59. The average molecular weight is 485 g/mol. The van der Waals surface area contributed by atoms with Crippen LogP contribution in [0.5, 0.6) is 0 Å². The number of nitrogens with zero attached hydrogens (tertiary/aromatic N) is 3. The van der Waals surface area contributed by atoms with Crippen molar-refractivity contribution in [2.75, 3.05) is 52.4 Å². The molecule has 0 aliphatic rings.